The van der Waals surface area contributed by atoms with Gasteiger partial charge in [0, 0.05) is 19.4 Å². The van der Waals surface area contributed by atoms with E-state index in [0.717, 1.165) is 25.7 Å². The quantitative estimate of drug-likeness (QED) is 0.273. The number of carboxylic acids is 1. The molecule has 1 aliphatic heterocycles. The van der Waals surface area contributed by atoms with Crippen molar-refractivity contribution in [3.05, 3.63) is 0 Å². The fourth-order valence-electron chi connectivity index (χ4n) is 3.80. The number of aliphatic carboxylic acids is 1. The highest BCUT2D eigenvalue weighted by Gasteiger charge is 2.28. The van der Waals surface area contributed by atoms with Crippen molar-refractivity contribution >= 4 is 17.8 Å². The van der Waals surface area contributed by atoms with Crippen LogP contribution in [0.25, 0.3) is 0 Å². The lowest BCUT2D eigenvalue weighted by molar-refractivity contribution is -0.143. The van der Waals surface area contributed by atoms with Gasteiger partial charge in [-0.1, -0.05) is 77.6 Å². The van der Waals surface area contributed by atoms with Crippen molar-refractivity contribution in [1.29, 1.82) is 0 Å². The third kappa shape index (κ3) is 10.5. The number of imide groups is 1. The summed E-state index contributed by atoms with van der Waals surface area (Å²) in [6.07, 6.45) is 16.1. The lowest BCUT2D eigenvalue weighted by Crippen LogP contribution is -2.30. The summed E-state index contributed by atoms with van der Waals surface area (Å²) in [4.78, 5) is 35.9. The molecular weight excluding hydrogens is 342 g/mol. The van der Waals surface area contributed by atoms with Gasteiger partial charge in [0.05, 0.1) is 5.92 Å². The van der Waals surface area contributed by atoms with Crippen molar-refractivity contribution in [2.45, 2.75) is 110 Å². The molecule has 5 nitrogen and oxygen atoms in total. The molecule has 0 aromatic heterocycles. The third-order valence-corrected chi connectivity index (χ3v) is 5.59. The number of carboxylic acid groups (broad SMARTS) is 1. The maximum Gasteiger partial charge on any atom is 0.306 e. The van der Waals surface area contributed by atoms with Gasteiger partial charge in [-0.05, 0) is 19.3 Å². The number of nitrogens with zero attached hydrogens (tertiary/aromatic N) is 1. The van der Waals surface area contributed by atoms with Crippen LogP contribution in [-0.4, -0.2) is 34.3 Å². The van der Waals surface area contributed by atoms with Gasteiger partial charge in [-0.3, -0.25) is 19.3 Å². The van der Waals surface area contributed by atoms with Gasteiger partial charge in [-0.25, -0.2) is 0 Å². The molecule has 0 aromatic carbocycles. The molecule has 0 aliphatic carbocycles. The molecule has 5 heteroatoms. The molecule has 1 heterocycles. The molecule has 1 atom stereocenters. The number of likely N-dealkylation sites (tertiary alicyclic amines) is 1. The minimum atomic E-state index is -0.709. The zero-order valence-corrected chi connectivity index (χ0v) is 17.2. The van der Waals surface area contributed by atoms with Gasteiger partial charge in [0.15, 0.2) is 0 Å². The van der Waals surface area contributed by atoms with Crippen molar-refractivity contribution in [3.8, 4) is 0 Å². The monoisotopic (exact) mass is 381 g/mol. The number of amides is 2. The molecular formula is C22H39NO4. The second-order valence-corrected chi connectivity index (χ2v) is 7.94. The topological polar surface area (TPSA) is 74.7 Å². The maximum absolute atomic E-state index is 11.5. The molecule has 1 rings (SSSR count). The summed E-state index contributed by atoms with van der Waals surface area (Å²) in [5.74, 6) is -1.16. The van der Waals surface area contributed by atoms with Crippen LogP contribution in [0.3, 0.4) is 0 Å². The summed E-state index contributed by atoms with van der Waals surface area (Å²) < 4.78 is 0. The van der Waals surface area contributed by atoms with E-state index in [2.05, 4.69) is 6.92 Å². The van der Waals surface area contributed by atoms with Gasteiger partial charge in [0.1, 0.15) is 0 Å². The first-order valence-corrected chi connectivity index (χ1v) is 11.1. The normalized spacial score (nSPS) is 15.5. The van der Waals surface area contributed by atoms with Crippen molar-refractivity contribution in [2.24, 2.45) is 5.92 Å². The Kier molecular flexibility index (Phi) is 12.8. The molecule has 1 unspecified atom stereocenters. The van der Waals surface area contributed by atoms with Crippen LogP contribution in [0.5, 0.6) is 0 Å². The SMILES string of the molecule is CCCCCCCCCCCCC(CCCCN1C(=O)CCC1=O)C(=O)O. The molecule has 0 radical (unpaired) electrons. The summed E-state index contributed by atoms with van der Waals surface area (Å²) >= 11 is 0. The van der Waals surface area contributed by atoms with Gasteiger partial charge >= 0.3 is 5.97 Å². The average molecular weight is 382 g/mol. The summed E-state index contributed by atoms with van der Waals surface area (Å²) in [5.41, 5.74) is 0. The Morgan fingerprint density at radius 2 is 1.26 bits per heavy atom. The van der Waals surface area contributed by atoms with Gasteiger partial charge in [-0.15, -0.1) is 0 Å². The second-order valence-electron chi connectivity index (χ2n) is 7.94. The first kappa shape index (κ1) is 23.6. The van der Waals surface area contributed by atoms with E-state index in [1.165, 1.54) is 56.3 Å². The van der Waals surface area contributed by atoms with Crippen molar-refractivity contribution in [1.82, 2.24) is 4.90 Å². The van der Waals surface area contributed by atoms with E-state index in [1.807, 2.05) is 0 Å². The number of rotatable bonds is 17. The summed E-state index contributed by atoms with van der Waals surface area (Å²) in [5, 5.41) is 9.39. The molecule has 156 valence electrons. The molecule has 1 saturated heterocycles. The second kappa shape index (κ2) is 14.6. The van der Waals surface area contributed by atoms with E-state index in [1.54, 1.807) is 0 Å². The van der Waals surface area contributed by atoms with Gasteiger partial charge in [0.2, 0.25) is 11.8 Å². The van der Waals surface area contributed by atoms with E-state index >= 15 is 0 Å². The van der Waals surface area contributed by atoms with Gasteiger partial charge < -0.3 is 5.11 Å². The van der Waals surface area contributed by atoms with Gasteiger partial charge in [-0.2, -0.15) is 0 Å². The Labute approximate surface area is 164 Å². The molecule has 0 saturated carbocycles. The first-order chi connectivity index (χ1) is 13.1. The molecule has 27 heavy (non-hydrogen) atoms. The molecule has 1 fully saturated rings. The maximum atomic E-state index is 11.5. The fourth-order valence-corrected chi connectivity index (χ4v) is 3.80. The van der Waals surface area contributed by atoms with E-state index in [9.17, 15) is 19.5 Å². The summed E-state index contributed by atoms with van der Waals surface area (Å²) in [6.45, 7) is 2.68. The summed E-state index contributed by atoms with van der Waals surface area (Å²) in [7, 11) is 0. The van der Waals surface area contributed by atoms with Crippen LogP contribution < -0.4 is 0 Å². The van der Waals surface area contributed by atoms with Crippen LogP contribution in [0.4, 0.5) is 0 Å². The van der Waals surface area contributed by atoms with Crippen LogP contribution in [0.1, 0.15) is 110 Å². The van der Waals surface area contributed by atoms with Crippen LogP contribution in [-0.2, 0) is 14.4 Å². The Morgan fingerprint density at radius 1 is 0.815 bits per heavy atom. The van der Waals surface area contributed by atoms with E-state index < -0.39 is 5.97 Å². The van der Waals surface area contributed by atoms with E-state index in [-0.39, 0.29) is 17.7 Å². The van der Waals surface area contributed by atoms with Gasteiger partial charge in [0.25, 0.3) is 0 Å². The lowest BCUT2D eigenvalue weighted by atomic mass is 9.95. The number of carbonyl (C=O) groups is 3. The third-order valence-electron chi connectivity index (χ3n) is 5.59. The predicted octanol–water partition coefficient (Wildman–Crippen LogP) is 5.32. The molecule has 0 spiro atoms. The molecule has 0 bridgehead atoms. The van der Waals surface area contributed by atoms with Crippen LogP contribution >= 0.6 is 0 Å². The first-order valence-electron chi connectivity index (χ1n) is 11.1. The van der Waals surface area contributed by atoms with Crippen molar-refractivity contribution < 1.29 is 19.5 Å². The zero-order chi connectivity index (χ0) is 19.9. The summed E-state index contributed by atoms with van der Waals surface area (Å²) in [6, 6.07) is 0. The minimum Gasteiger partial charge on any atom is -0.481 e. The number of carbonyl (C=O) groups excluding carboxylic acids is 2. The minimum absolute atomic E-state index is 0.0832. The highest BCUT2D eigenvalue weighted by molar-refractivity contribution is 6.01. The fraction of sp³-hybridized carbons (Fsp3) is 0.864. The average Bonchev–Trinajstić information content (AvgIpc) is 2.96. The Morgan fingerprint density at radius 3 is 1.74 bits per heavy atom. The molecule has 1 aliphatic rings. The highest BCUT2D eigenvalue weighted by Crippen LogP contribution is 2.20. The van der Waals surface area contributed by atoms with Crippen LogP contribution in [0.15, 0.2) is 0 Å². The Balaban J connectivity index is 2.03. The zero-order valence-electron chi connectivity index (χ0n) is 17.2. The Hall–Kier alpha value is -1.39. The highest BCUT2D eigenvalue weighted by atomic mass is 16.4. The van der Waals surface area contributed by atoms with E-state index in [4.69, 9.17) is 0 Å². The van der Waals surface area contributed by atoms with Crippen LogP contribution in [0.2, 0.25) is 0 Å². The van der Waals surface area contributed by atoms with E-state index in [0.29, 0.717) is 32.2 Å². The number of hydrogen-bond donors (Lipinski definition) is 1. The Bertz CT molecular complexity index is 434. The smallest absolute Gasteiger partial charge is 0.306 e. The number of hydrogen-bond acceptors (Lipinski definition) is 3. The predicted molar refractivity (Wildman–Crippen MR) is 107 cm³/mol. The molecule has 1 N–H and O–H groups in total. The molecule has 0 aromatic rings. The standard InChI is InChI=1S/C22H39NO4/c1-2-3-4-5-6-7-8-9-10-11-14-19(22(26)27)15-12-13-18-23-20(24)16-17-21(23)25/h19H,2-18H2,1H3,(H,26,27). The number of unbranched alkanes of at least 4 members (excludes halogenated alkanes) is 10. The van der Waals surface area contributed by atoms with Crippen molar-refractivity contribution in [3.63, 3.8) is 0 Å². The molecule has 2 amide bonds. The largest absolute Gasteiger partial charge is 0.481 e. The van der Waals surface area contributed by atoms with Crippen molar-refractivity contribution in [2.75, 3.05) is 6.54 Å². The van der Waals surface area contributed by atoms with Crippen LogP contribution in [0, 0.1) is 5.92 Å². The lowest BCUT2D eigenvalue weighted by Gasteiger charge is -2.15.